The molecule has 200 valence electrons. The smallest absolute Gasteiger partial charge is 0.327 e. The van der Waals surface area contributed by atoms with Gasteiger partial charge in [-0.05, 0) is 51.1 Å². The molecule has 0 unspecified atom stereocenters. The number of carbonyl (C=O) groups excluding carboxylic acids is 4. The van der Waals surface area contributed by atoms with Crippen LogP contribution < -0.4 is 5.32 Å². The number of unbranched alkanes of at least 4 members (excludes halogenated alkanes) is 1. The molecule has 3 aliphatic heterocycles. The summed E-state index contributed by atoms with van der Waals surface area (Å²) in [6.45, 7) is 2.91. The maximum absolute atomic E-state index is 13.0. The van der Waals surface area contributed by atoms with Crippen molar-refractivity contribution < 1.29 is 29.1 Å². The highest BCUT2D eigenvalue weighted by Gasteiger charge is 2.56. The number of Topliss-reactive ketones (excluding diaryl/α,β-unsaturated/α-hetero) is 1. The standard InChI is InChI=1S/C27H36N4O6/c32-22(20-6-2-1-3-7-20)8-4-5-9-23(33)29-14-16-30(17-15-29)27(37)31-24(26(35)36)21(25(31)34)18-19-10-12-28-13-11-19/h1-3,6-7,19,21,24,28H,4-5,8-18H2,(H,35,36)/t21-,24+/m1/s1. The molecule has 3 aliphatic rings. The van der Waals surface area contributed by atoms with Gasteiger partial charge in [-0.3, -0.25) is 14.4 Å². The van der Waals surface area contributed by atoms with Crippen LogP contribution in [0.15, 0.2) is 30.3 Å². The first kappa shape index (κ1) is 26.8. The molecule has 4 amide bonds. The summed E-state index contributed by atoms with van der Waals surface area (Å²) in [5.41, 5.74) is 0.679. The highest BCUT2D eigenvalue weighted by atomic mass is 16.4. The van der Waals surface area contributed by atoms with Gasteiger partial charge in [-0.2, -0.15) is 0 Å². The van der Waals surface area contributed by atoms with Crippen LogP contribution in [0.2, 0.25) is 0 Å². The summed E-state index contributed by atoms with van der Waals surface area (Å²) in [6.07, 6.45) is 4.28. The molecule has 10 nitrogen and oxygen atoms in total. The number of benzene rings is 1. The van der Waals surface area contributed by atoms with Crippen molar-refractivity contribution in [1.29, 1.82) is 0 Å². The molecular formula is C27H36N4O6. The van der Waals surface area contributed by atoms with E-state index in [0.717, 1.165) is 30.8 Å². The zero-order valence-electron chi connectivity index (χ0n) is 21.1. The number of hydrogen-bond donors (Lipinski definition) is 2. The number of hydrogen-bond acceptors (Lipinski definition) is 6. The van der Waals surface area contributed by atoms with Gasteiger partial charge >= 0.3 is 12.0 Å². The van der Waals surface area contributed by atoms with Crippen LogP contribution in [-0.4, -0.2) is 94.7 Å². The summed E-state index contributed by atoms with van der Waals surface area (Å²) in [5, 5.41) is 13.0. The Morgan fingerprint density at radius 2 is 1.51 bits per heavy atom. The van der Waals surface area contributed by atoms with Crippen molar-refractivity contribution in [2.75, 3.05) is 39.3 Å². The Morgan fingerprint density at radius 3 is 2.16 bits per heavy atom. The van der Waals surface area contributed by atoms with E-state index in [4.69, 9.17) is 0 Å². The number of aliphatic carboxylic acids is 1. The summed E-state index contributed by atoms with van der Waals surface area (Å²) < 4.78 is 0. The third-order valence-electron chi connectivity index (χ3n) is 7.76. The van der Waals surface area contributed by atoms with E-state index in [2.05, 4.69) is 5.32 Å². The Kier molecular flexibility index (Phi) is 8.91. The average Bonchev–Trinajstić information content (AvgIpc) is 2.92. The number of carbonyl (C=O) groups is 5. The normalized spacial score (nSPS) is 22.5. The molecule has 0 aromatic heterocycles. The van der Waals surface area contributed by atoms with E-state index in [-0.39, 0.29) is 24.8 Å². The summed E-state index contributed by atoms with van der Waals surface area (Å²) in [6, 6.07) is 7.40. The Balaban J connectivity index is 1.20. The largest absolute Gasteiger partial charge is 0.480 e. The lowest BCUT2D eigenvalue weighted by atomic mass is 9.78. The number of carboxylic acid groups (broad SMARTS) is 1. The van der Waals surface area contributed by atoms with Gasteiger partial charge < -0.3 is 20.2 Å². The lowest BCUT2D eigenvalue weighted by Crippen LogP contribution is -2.69. The van der Waals surface area contributed by atoms with Gasteiger partial charge in [0.1, 0.15) is 0 Å². The zero-order valence-corrected chi connectivity index (χ0v) is 21.1. The Labute approximate surface area is 217 Å². The van der Waals surface area contributed by atoms with Crippen LogP contribution in [0.4, 0.5) is 4.79 Å². The number of piperidine rings is 1. The Bertz CT molecular complexity index is 1000. The maximum atomic E-state index is 13.0. The first-order chi connectivity index (χ1) is 17.9. The number of rotatable bonds is 9. The second kappa shape index (κ2) is 12.3. The predicted octanol–water partition coefficient (Wildman–Crippen LogP) is 2.00. The predicted molar refractivity (Wildman–Crippen MR) is 135 cm³/mol. The Hall–Kier alpha value is -3.27. The van der Waals surface area contributed by atoms with Gasteiger partial charge in [-0.25, -0.2) is 14.5 Å². The molecule has 0 aliphatic carbocycles. The van der Waals surface area contributed by atoms with Crippen LogP contribution in [0.1, 0.15) is 55.3 Å². The number of piperazine rings is 1. The molecule has 2 N–H and O–H groups in total. The number of amides is 4. The van der Waals surface area contributed by atoms with E-state index >= 15 is 0 Å². The minimum absolute atomic E-state index is 0.0234. The number of imide groups is 1. The lowest BCUT2D eigenvalue weighted by molar-refractivity contribution is -0.167. The van der Waals surface area contributed by atoms with Crippen LogP contribution in [0.3, 0.4) is 0 Å². The lowest BCUT2D eigenvalue weighted by Gasteiger charge is -2.47. The number of nitrogens with one attached hydrogen (secondary N) is 1. The SMILES string of the molecule is O=C(CCCCC(=O)N1CCN(C(=O)N2C(=O)[C@H](CC3CCNCC3)[C@H]2C(=O)O)CC1)c1ccccc1. The van der Waals surface area contributed by atoms with Gasteiger partial charge in [-0.15, -0.1) is 0 Å². The number of nitrogens with zero attached hydrogens (tertiary/aromatic N) is 3. The van der Waals surface area contributed by atoms with Gasteiger partial charge in [0.15, 0.2) is 11.8 Å². The van der Waals surface area contributed by atoms with Crippen LogP contribution >= 0.6 is 0 Å². The van der Waals surface area contributed by atoms with Crippen LogP contribution in [-0.2, 0) is 14.4 Å². The van der Waals surface area contributed by atoms with Gasteiger partial charge in [0, 0.05) is 44.6 Å². The van der Waals surface area contributed by atoms with Crippen molar-refractivity contribution in [1.82, 2.24) is 20.0 Å². The molecule has 0 spiro atoms. The maximum Gasteiger partial charge on any atom is 0.327 e. The molecule has 37 heavy (non-hydrogen) atoms. The third-order valence-corrected chi connectivity index (χ3v) is 7.76. The minimum atomic E-state index is -1.15. The van der Waals surface area contributed by atoms with E-state index in [9.17, 15) is 29.1 Å². The number of likely N-dealkylation sites (tertiary alicyclic amines) is 1. The summed E-state index contributed by atoms with van der Waals surface area (Å²) in [4.78, 5) is 66.6. The second-order valence-corrected chi connectivity index (χ2v) is 10.2. The fraction of sp³-hybridized carbons (Fsp3) is 0.593. The van der Waals surface area contributed by atoms with Crippen molar-refractivity contribution in [2.45, 2.75) is 51.0 Å². The minimum Gasteiger partial charge on any atom is -0.480 e. The molecule has 4 rings (SSSR count). The summed E-state index contributed by atoms with van der Waals surface area (Å²) in [7, 11) is 0. The first-order valence-electron chi connectivity index (χ1n) is 13.3. The first-order valence-corrected chi connectivity index (χ1v) is 13.3. The van der Waals surface area contributed by atoms with Crippen LogP contribution in [0.25, 0.3) is 0 Å². The number of urea groups is 1. The molecular weight excluding hydrogens is 476 g/mol. The topological polar surface area (TPSA) is 127 Å². The fourth-order valence-corrected chi connectivity index (χ4v) is 5.54. The van der Waals surface area contributed by atoms with Crippen LogP contribution in [0.5, 0.6) is 0 Å². The molecule has 10 heteroatoms. The molecule has 3 fully saturated rings. The van der Waals surface area contributed by atoms with Gasteiger partial charge in [0.25, 0.3) is 0 Å². The molecule has 2 atom stereocenters. The molecule has 3 heterocycles. The number of carboxylic acids is 1. The van der Waals surface area contributed by atoms with E-state index in [1.165, 1.54) is 4.90 Å². The van der Waals surface area contributed by atoms with Crippen molar-refractivity contribution in [3.05, 3.63) is 35.9 Å². The summed E-state index contributed by atoms with van der Waals surface area (Å²) >= 11 is 0. The molecule has 0 radical (unpaired) electrons. The number of ketones is 1. The van der Waals surface area contributed by atoms with Gasteiger partial charge in [0.05, 0.1) is 5.92 Å². The molecule has 1 aromatic carbocycles. The average molecular weight is 513 g/mol. The van der Waals surface area contributed by atoms with Crippen molar-refractivity contribution in [2.24, 2.45) is 11.8 Å². The monoisotopic (exact) mass is 512 g/mol. The highest BCUT2D eigenvalue weighted by molar-refractivity contribution is 6.07. The molecule has 1 aromatic rings. The summed E-state index contributed by atoms with van der Waals surface area (Å²) in [5.74, 6) is -1.87. The Morgan fingerprint density at radius 1 is 0.892 bits per heavy atom. The quantitative estimate of drug-likeness (QED) is 0.294. The van der Waals surface area contributed by atoms with Gasteiger partial charge in [0.2, 0.25) is 11.8 Å². The van der Waals surface area contributed by atoms with E-state index in [1.54, 1.807) is 17.0 Å². The zero-order chi connectivity index (χ0) is 26.4. The fourth-order valence-electron chi connectivity index (χ4n) is 5.54. The van der Waals surface area contributed by atoms with Crippen molar-refractivity contribution in [3.8, 4) is 0 Å². The second-order valence-electron chi connectivity index (χ2n) is 10.2. The van der Waals surface area contributed by atoms with E-state index in [1.807, 2.05) is 18.2 Å². The molecule has 0 saturated carbocycles. The molecule has 3 saturated heterocycles. The van der Waals surface area contributed by atoms with Crippen molar-refractivity contribution in [3.63, 3.8) is 0 Å². The highest BCUT2D eigenvalue weighted by Crippen LogP contribution is 2.35. The van der Waals surface area contributed by atoms with E-state index in [0.29, 0.717) is 56.7 Å². The van der Waals surface area contributed by atoms with Gasteiger partial charge in [-0.1, -0.05) is 30.3 Å². The third kappa shape index (κ3) is 6.36. The number of β-lactam (4-membered cyclic amide) rings is 1. The molecule has 0 bridgehead atoms. The van der Waals surface area contributed by atoms with E-state index < -0.39 is 29.9 Å². The van der Waals surface area contributed by atoms with Crippen LogP contribution in [0, 0.1) is 11.8 Å². The van der Waals surface area contributed by atoms with Crippen molar-refractivity contribution >= 4 is 29.6 Å².